The topological polar surface area (TPSA) is 66.5 Å². The fourth-order valence-electron chi connectivity index (χ4n) is 3.32. The summed E-state index contributed by atoms with van der Waals surface area (Å²) >= 11 is 0. The lowest BCUT2D eigenvalue weighted by Gasteiger charge is -2.23. The van der Waals surface area contributed by atoms with Crippen molar-refractivity contribution in [3.63, 3.8) is 0 Å². The van der Waals surface area contributed by atoms with Gasteiger partial charge in [0.2, 0.25) is 15.9 Å². The molecule has 7 heteroatoms. The Hall–Kier alpha value is -3.03. The van der Waals surface area contributed by atoms with Crippen molar-refractivity contribution in [3.05, 3.63) is 101 Å². The molecule has 0 fully saturated rings. The van der Waals surface area contributed by atoms with Gasteiger partial charge in [-0.1, -0.05) is 60.2 Å². The smallest absolute Gasteiger partial charge is 0.243 e. The van der Waals surface area contributed by atoms with Crippen LogP contribution in [0, 0.1) is 12.7 Å². The molecule has 3 aromatic rings. The van der Waals surface area contributed by atoms with E-state index in [4.69, 9.17) is 0 Å². The molecular weight excluding hydrogens is 427 g/mol. The zero-order valence-corrected chi connectivity index (χ0v) is 19.0. The van der Waals surface area contributed by atoms with Crippen molar-refractivity contribution in [1.29, 1.82) is 0 Å². The van der Waals surface area contributed by atoms with Crippen LogP contribution >= 0.6 is 0 Å². The van der Waals surface area contributed by atoms with Crippen molar-refractivity contribution in [2.24, 2.45) is 0 Å². The maximum atomic E-state index is 13.3. The molecule has 3 rings (SSSR count). The average Bonchev–Trinajstić information content (AvgIpc) is 2.78. The molecule has 0 heterocycles. The summed E-state index contributed by atoms with van der Waals surface area (Å²) in [5.74, 6) is -0.783. The van der Waals surface area contributed by atoms with Gasteiger partial charge in [-0.2, -0.15) is 4.31 Å². The normalized spacial score (nSPS) is 12.5. The minimum absolute atomic E-state index is 0.149. The lowest BCUT2D eigenvalue weighted by atomic mass is 10.1. The second kappa shape index (κ2) is 10.5. The van der Waals surface area contributed by atoms with E-state index in [0.717, 1.165) is 16.7 Å². The van der Waals surface area contributed by atoms with Crippen molar-refractivity contribution < 1.29 is 17.6 Å². The fraction of sp³-hybridized carbons (Fsp3) is 0.240. The Morgan fingerprint density at radius 2 is 1.59 bits per heavy atom. The predicted octanol–water partition coefficient (Wildman–Crippen LogP) is 4.24. The number of hydrogen-bond donors (Lipinski definition) is 1. The van der Waals surface area contributed by atoms with Gasteiger partial charge in [0.1, 0.15) is 5.82 Å². The molecular formula is C25H27FN2O3S. The standard InChI is InChI=1S/C25H27FN2O3S/c1-19-8-14-24(15-9-19)32(30,31)28(17-16-21-6-4-3-5-7-21)18-25(29)27-20(2)22-10-12-23(26)13-11-22/h3-15,20H,16-18H2,1-2H3,(H,27,29). The molecule has 1 amide bonds. The second-order valence-electron chi connectivity index (χ2n) is 7.73. The Balaban J connectivity index is 1.77. The van der Waals surface area contributed by atoms with E-state index in [1.54, 1.807) is 43.3 Å². The quantitative estimate of drug-likeness (QED) is 0.526. The molecule has 32 heavy (non-hydrogen) atoms. The number of hydrogen-bond acceptors (Lipinski definition) is 3. The van der Waals surface area contributed by atoms with Gasteiger partial charge in [-0.05, 0) is 55.7 Å². The van der Waals surface area contributed by atoms with E-state index >= 15 is 0 Å². The van der Waals surface area contributed by atoms with E-state index in [9.17, 15) is 17.6 Å². The monoisotopic (exact) mass is 454 g/mol. The van der Waals surface area contributed by atoms with E-state index in [0.29, 0.717) is 6.42 Å². The highest BCUT2D eigenvalue weighted by molar-refractivity contribution is 7.89. The van der Waals surface area contributed by atoms with Gasteiger partial charge in [-0.3, -0.25) is 4.79 Å². The first-order chi connectivity index (χ1) is 15.3. The number of carbonyl (C=O) groups is 1. The fourth-order valence-corrected chi connectivity index (χ4v) is 4.72. The SMILES string of the molecule is Cc1ccc(S(=O)(=O)N(CCc2ccccc2)CC(=O)NC(C)c2ccc(F)cc2)cc1. The van der Waals surface area contributed by atoms with Crippen LogP contribution in [0.2, 0.25) is 0 Å². The number of rotatable bonds is 9. The van der Waals surface area contributed by atoms with Crippen LogP contribution in [0.4, 0.5) is 4.39 Å². The van der Waals surface area contributed by atoms with Gasteiger partial charge >= 0.3 is 0 Å². The molecule has 0 aliphatic rings. The number of benzene rings is 3. The van der Waals surface area contributed by atoms with Crippen molar-refractivity contribution in [2.75, 3.05) is 13.1 Å². The van der Waals surface area contributed by atoms with E-state index in [1.807, 2.05) is 37.3 Å². The third-order valence-electron chi connectivity index (χ3n) is 5.22. The van der Waals surface area contributed by atoms with Crippen LogP contribution in [0.5, 0.6) is 0 Å². The Morgan fingerprint density at radius 1 is 0.969 bits per heavy atom. The zero-order chi connectivity index (χ0) is 23.1. The maximum absolute atomic E-state index is 13.3. The molecule has 1 N–H and O–H groups in total. The first-order valence-electron chi connectivity index (χ1n) is 10.4. The minimum Gasteiger partial charge on any atom is -0.348 e. The molecule has 0 bridgehead atoms. The van der Waals surface area contributed by atoms with Gasteiger partial charge in [-0.15, -0.1) is 0 Å². The average molecular weight is 455 g/mol. The molecule has 1 atom stereocenters. The Morgan fingerprint density at radius 3 is 2.22 bits per heavy atom. The summed E-state index contributed by atoms with van der Waals surface area (Å²) in [4.78, 5) is 12.9. The number of sulfonamides is 1. The van der Waals surface area contributed by atoms with Crippen LogP contribution in [0.1, 0.15) is 29.7 Å². The molecule has 1 unspecified atom stereocenters. The molecule has 0 aromatic heterocycles. The van der Waals surface area contributed by atoms with Crippen LogP contribution < -0.4 is 5.32 Å². The highest BCUT2D eigenvalue weighted by Crippen LogP contribution is 2.18. The lowest BCUT2D eigenvalue weighted by molar-refractivity contribution is -0.121. The van der Waals surface area contributed by atoms with Crippen LogP contribution in [0.3, 0.4) is 0 Å². The molecule has 0 radical (unpaired) electrons. The van der Waals surface area contributed by atoms with Crippen LogP contribution in [-0.4, -0.2) is 31.7 Å². The van der Waals surface area contributed by atoms with Gasteiger partial charge < -0.3 is 5.32 Å². The van der Waals surface area contributed by atoms with Crippen molar-refractivity contribution in [3.8, 4) is 0 Å². The summed E-state index contributed by atoms with van der Waals surface area (Å²) in [6.07, 6.45) is 0.479. The summed E-state index contributed by atoms with van der Waals surface area (Å²) in [6.45, 7) is 3.51. The highest BCUT2D eigenvalue weighted by atomic mass is 32.2. The summed E-state index contributed by atoms with van der Waals surface area (Å²) in [6, 6.07) is 21.6. The van der Waals surface area contributed by atoms with Gasteiger partial charge in [0.05, 0.1) is 17.5 Å². The molecule has 0 saturated carbocycles. The van der Waals surface area contributed by atoms with Gasteiger partial charge in [-0.25, -0.2) is 12.8 Å². The van der Waals surface area contributed by atoms with E-state index in [2.05, 4.69) is 5.32 Å². The number of carbonyl (C=O) groups excluding carboxylic acids is 1. The summed E-state index contributed by atoms with van der Waals surface area (Å²) < 4.78 is 41.0. The predicted molar refractivity (Wildman–Crippen MR) is 123 cm³/mol. The summed E-state index contributed by atoms with van der Waals surface area (Å²) in [5.41, 5.74) is 2.67. The Labute approximate surface area is 188 Å². The van der Waals surface area contributed by atoms with Crippen LogP contribution in [0.15, 0.2) is 83.8 Å². The maximum Gasteiger partial charge on any atom is 0.243 e. The Bertz CT molecular complexity index is 1130. The molecule has 5 nitrogen and oxygen atoms in total. The van der Waals surface area contributed by atoms with Gasteiger partial charge in [0.15, 0.2) is 0 Å². The molecule has 168 valence electrons. The van der Waals surface area contributed by atoms with E-state index in [-0.39, 0.29) is 29.8 Å². The molecule has 3 aromatic carbocycles. The minimum atomic E-state index is -3.87. The van der Waals surface area contributed by atoms with Crippen LogP contribution in [0.25, 0.3) is 0 Å². The van der Waals surface area contributed by atoms with E-state index < -0.39 is 15.9 Å². The number of aryl methyl sites for hydroxylation is 1. The lowest BCUT2D eigenvalue weighted by Crippen LogP contribution is -2.42. The molecule has 0 aliphatic heterocycles. The largest absolute Gasteiger partial charge is 0.348 e. The van der Waals surface area contributed by atoms with Crippen molar-refractivity contribution >= 4 is 15.9 Å². The first-order valence-corrected chi connectivity index (χ1v) is 11.9. The number of nitrogens with one attached hydrogen (secondary N) is 1. The van der Waals surface area contributed by atoms with Crippen LogP contribution in [-0.2, 0) is 21.2 Å². The molecule has 0 saturated heterocycles. The number of nitrogens with zero attached hydrogens (tertiary/aromatic N) is 1. The third kappa shape index (κ3) is 6.24. The van der Waals surface area contributed by atoms with Crippen molar-refractivity contribution in [1.82, 2.24) is 9.62 Å². The second-order valence-corrected chi connectivity index (χ2v) is 9.67. The molecule has 0 aliphatic carbocycles. The van der Waals surface area contributed by atoms with E-state index in [1.165, 1.54) is 16.4 Å². The molecule has 0 spiro atoms. The van der Waals surface area contributed by atoms with Gasteiger partial charge in [0.25, 0.3) is 0 Å². The number of halogens is 1. The van der Waals surface area contributed by atoms with Gasteiger partial charge in [0, 0.05) is 6.54 Å². The zero-order valence-electron chi connectivity index (χ0n) is 18.2. The third-order valence-corrected chi connectivity index (χ3v) is 7.08. The first kappa shape index (κ1) is 23.6. The highest BCUT2D eigenvalue weighted by Gasteiger charge is 2.27. The summed E-state index contributed by atoms with van der Waals surface area (Å²) in [7, 11) is -3.87. The Kier molecular flexibility index (Phi) is 7.77. The van der Waals surface area contributed by atoms with Crippen molar-refractivity contribution in [2.45, 2.75) is 31.2 Å². The number of amides is 1. The summed E-state index contributed by atoms with van der Waals surface area (Å²) in [5, 5.41) is 2.81.